The number of carbonyl (C=O) groups is 1. The Morgan fingerprint density at radius 1 is 1.04 bits per heavy atom. The molecule has 0 saturated heterocycles. The van der Waals surface area contributed by atoms with Gasteiger partial charge in [-0.2, -0.15) is 0 Å². The van der Waals surface area contributed by atoms with Crippen molar-refractivity contribution in [2.75, 3.05) is 0 Å². The van der Waals surface area contributed by atoms with Crippen molar-refractivity contribution in [3.8, 4) is 11.5 Å². The smallest absolute Gasteiger partial charge is 0.247 e. The van der Waals surface area contributed by atoms with Crippen molar-refractivity contribution in [2.45, 2.75) is 38.5 Å². The number of aldehydes is 1. The molecule has 0 aliphatic rings. The molecule has 0 spiro atoms. The summed E-state index contributed by atoms with van der Waals surface area (Å²) in [7, 11) is 0. The first-order chi connectivity index (χ1) is 12.3. The van der Waals surface area contributed by atoms with Crippen LogP contribution in [-0.4, -0.2) is 16.5 Å². The third-order valence-electron chi connectivity index (χ3n) is 4.36. The minimum atomic E-state index is 0.381. The van der Waals surface area contributed by atoms with Gasteiger partial charge in [-0.1, -0.05) is 62.2 Å². The number of carbonyl (C=O) groups excluding carboxylic acids is 1. The van der Waals surface area contributed by atoms with E-state index in [0.717, 1.165) is 24.7 Å². The Morgan fingerprint density at radius 3 is 2.48 bits per heavy atom. The Labute approximate surface area is 147 Å². The monoisotopic (exact) mass is 334 g/mol. The van der Waals surface area contributed by atoms with Gasteiger partial charge in [-0.15, -0.1) is 10.2 Å². The minimum Gasteiger partial charge on any atom is -0.421 e. The maximum Gasteiger partial charge on any atom is 0.247 e. The highest BCUT2D eigenvalue weighted by Crippen LogP contribution is 2.27. The van der Waals surface area contributed by atoms with Crippen LogP contribution in [-0.2, 0) is 6.42 Å². The highest BCUT2D eigenvalue weighted by Gasteiger charge is 2.16. The van der Waals surface area contributed by atoms with Crippen molar-refractivity contribution in [1.82, 2.24) is 10.2 Å². The van der Waals surface area contributed by atoms with Crippen LogP contribution >= 0.6 is 0 Å². The van der Waals surface area contributed by atoms with Crippen LogP contribution in [0.25, 0.3) is 11.5 Å². The van der Waals surface area contributed by atoms with Crippen LogP contribution in [0.4, 0.5) is 0 Å². The highest BCUT2D eigenvalue weighted by atomic mass is 16.4. The summed E-state index contributed by atoms with van der Waals surface area (Å²) in [6.07, 6.45) is 5.01. The van der Waals surface area contributed by atoms with Crippen LogP contribution in [0.1, 0.15) is 53.9 Å². The van der Waals surface area contributed by atoms with E-state index in [1.165, 1.54) is 18.4 Å². The number of hydrogen-bond acceptors (Lipinski definition) is 4. The molecule has 0 aliphatic heterocycles. The van der Waals surface area contributed by atoms with Crippen molar-refractivity contribution in [3.63, 3.8) is 0 Å². The van der Waals surface area contributed by atoms with Crippen LogP contribution in [0.5, 0.6) is 0 Å². The molecule has 25 heavy (non-hydrogen) atoms. The minimum absolute atomic E-state index is 0.381. The maximum atomic E-state index is 10.7. The summed E-state index contributed by atoms with van der Waals surface area (Å²) < 4.78 is 5.86. The zero-order valence-electron chi connectivity index (χ0n) is 14.4. The second-order valence-corrected chi connectivity index (χ2v) is 6.19. The molecule has 0 amide bonds. The molecule has 0 unspecified atom stereocenters. The molecule has 0 saturated carbocycles. The SMILES string of the molecule is CCCC[C@H](Cc1nnc(-c2ccc(C=O)cc2)o1)c1ccccc1. The van der Waals surface area contributed by atoms with Gasteiger partial charge in [0, 0.05) is 17.5 Å². The molecule has 128 valence electrons. The van der Waals surface area contributed by atoms with E-state index in [1.54, 1.807) is 12.1 Å². The van der Waals surface area contributed by atoms with Gasteiger partial charge in [-0.05, 0) is 30.0 Å². The second-order valence-electron chi connectivity index (χ2n) is 6.19. The lowest BCUT2D eigenvalue weighted by Crippen LogP contribution is -2.03. The predicted molar refractivity (Wildman–Crippen MR) is 97.5 cm³/mol. The van der Waals surface area contributed by atoms with Crippen molar-refractivity contribution in [1.29, 1.82) is 0 Å². The van der Waals surface area contributed by atoms with Gasteiger partial charge >= 0.3 is 0 Å². The van der Waals surface area contributed by atoms with Crippen LogP contribution in [0.3, 0.4) is 0 Å². The number of rotatable bonds is 8. The van der Waals surface area contributed by atoms with Crippen LogP contribution in [0, 0.1) is 0 Å². The van der Waals surface area contributed by atoms with E-state index in [-0.39, 0.29) is 0 Å². The number of aromatic nitrogens is 2. The molecule has 1 heterocycles. The highest BCUT2D eigenvalue weighted by molar-refractivity contribution is 5.75. The summed E-state index contributed by atoms with van der Waals surface area (Å²) in [5.74, 6) is 1.53. The van der Waals surface area contributed by atoms with Crippen molar-refractivity contribution >= 4 is 6.29 Å². The van der Waals surface area contributed by atoms with Crippen molar-refractivity contribution < 1.29 is 9.21 Å². The quantitative estimate of drug-likeness (QED) is 0.540. The molecule has 1 atom stereocenters. The molecular formula is C21H22N2O2. The lowest BCUT2D eigenvalue weighted by atomic mass is 9.91. The second kappa shape index (κ2) is 8.38. The molecule has 0 fully saturated rings. The van der Waals surface area contributed by atoms with E-state index in [2.05, 4.69) is 41.4 Å². The van der Waals surface area contributed by atoms with Gasteiger partial charge in [0.15, 0.2) is 0 Å². The Hall–Kier alpha value is -2.75. The zero-order valence-corrected chi connectivity index (χ0v) is 14.4. The maximum absolute atomic E-state index is 10.7. The molecular weight excluding hydrogens is 312 g/mol. The molecule has 0 radical (unpaired) electrons. The van der Waals surface area contributed by atoms with Gasteiger partial charge in [-0.3, -0.25) is 4.79 Å². The molecule has 2 aromatic carbocycles. The third-order valence-corrected chi connectivity index (χ3v) is 4.36. The van der Waals surface area contributed by atoms with Crippen molar-refractivity contribution in [2.24, 2.45) is 0 Å². The molecule has 0 aliphatic carbocycles. The lowest BCUT2D eigenvalue weighted by molar-refractivity contribution is 0.112. The molecule has 0 N–H and O–H groups in total. The van der Waals surface area contributed by atoms with Gasteiger partial charge in [0.1, 0.15) is 6.29 Å². The van der Waals surface area contributed by atoms with Gasteiger partial charge in [-0.25, -0.2) is 0 Å². The average molecular weight is 334 g/mol. The topological polar surface area (TPSA) is 56.0 Å². The Balaban J connectivity index is 1.76. The van der Waals surface area contributed by atoms with E-state index in [0.29, 0.717) is 23.3 Å². The molecule has 3 rings (SSSR count). The fourth-order valence-electron chi connectivity index (χ4n) is 2.93. The molecule has 4 nitrogen and oxygen atoms in total. The summed E-state index contributed by atoms with van der Waals surface area (Å²) >= 11 is 0. The van der Waals surface area contributed by atoms with Gasteiger partial charge < -0.3 is 4.42 Å². The number of hydrogen-bond donors (Lipinski definition) is 0. The Morgan fingerprint density at radius 2 is 1.80 bits per heavy atom. The van der Waals surface area contributed by atoms with E-state index < -0.39 is 0 Å². The fourth-order valence-corrected chi connectivity index (χ4v) is 2.93. The zero-order chi connectivity index (χ0) is 17.5. The number of unbranched alkanes of at least 4 members (excludes halogenated alkanes) is 1. The lowest BCUT2D eigenvalue weighted by Gasteiger charge is -2.15. The van der Waals surface area contributed by atoms with Crippen LogP contribution in [0.2, 0.25) is 0 Å². The van der Waals surface area contributed by atoms with Gasteiger partial charge in [0.2, 0.25) is 11.8 Å². The molecule has 0 bridgehead atoms. The van der Waals surface area contributed by atoms with Crippen molar-refractivity contribution in [3.05, 3.63) is 71.6 Å². The Bertz CT molecular complexity index is 794. The molecule has 1 aromatic heterocycles. The molecule has 3 aromatic rings. The average Bonchev–Trinajstić information content (AvgIpc) is 3.14. The van der Waals surface area contributed by atoms with E-state index in [4.69, 9.17) is 4.42 Å². The number of benzene rings is 2. The molecule has 4 heteroatoms. The van der Waals surface area contributed by atoms with E-state index >= 15 is 0 Å². The largest absolute Gasteiger partial charge is 0.421 e. The Kier molecular flexibility index (Phi) is 5.73. The summed E-state index contributed by atoms with van der Waals surface area (Å²) in [5, 5.41) is 8.39. The summed E-state index contributed by atoms with van der Waals surface area (Å²) in [6.45, 7) is 2.20. The van der Waals surface area contributed by atoms with Crippen LogP contribution in [0.15, 0.2) is 59.0 Å². The summed E-state index contributed by atoms with van der Waals surface area (Å²) in [4.78, 5) is 10.7. The summed E-state index contributed by atoms with van der Waals surface area (Å²) in [6, 6.07) is 17.7. The van der Waals surface area contributed by atoms with Crippen LogP contribution < -0.4 is 0 Å². The van der Waals surface area contributed by atoms with E-state index in [9.17, 15) is 4.79 Å². The summed E-state index contributed by atoms with van der Waals surface area (Å²) in [5.41, 5.74) is 2.77. The van der Waals surface area contributed by atoms with E-state index in [1.807, 2.05) is 18.2 Å². The van der Waals surface area contributed by atoms with Gasteiger partial charge in [0.25, 0.3) is 0 Å². The number of nitrogens with zero attached hydrogens (tertiary/aromatic N) is 2. The predicted octanol–water partition coefficient (Wildman–Crippen LogP) is 5.07. The first kappa shape index (κ1) is 17.1. The third kappa shape index (κ3) is 4.41. The normalized spacial score (nSPS) is 12.0. The standard InChI is InChI=1S/C21H22N2O2/c1-2-3-7-19(17-8-5-4-6-9-17)14-20-22-23-21(25-20)18-12-10-16(15-24)11-13-18/h4-6,8-13,15,19H,2-3,7,14H2,1H3/t19-/m1/s1. The first-order valence-electron chi connectivity index (χ1n) is 8.73. The first-order valence-corrected chi connectivity index (χ1v) is 8.73. The van der Waals surface area contributed by atoms with Gasteiger partial charge in [0.05, 0.1) is 0 Å². The fraction of sp³-hybridized carbons (Fsp3) is 0.286.